The summed E-state index contributed by atoms with van der Waals surface area (Å²) in [6, 6.07) is 5.79. The van der Waals surface area contributed by atoms with Crippen LogP contribution in [-0.2, 0) is 0 Å². The average Bonchev–Trinajstić information content (AvgIpc) is 2.73. The lowest BCUT2D eigenvalue weighted by molar-refractivity contribution is 0.0954. The molecule has 1 aromatic heterocycles. The van der Waals surface area contributed by atoms with Gasteiger partial charge in [-0.1, -0.05) is 22.0 Å². The largest absolute Gasteiger partial charge is 0.397 e. The van der Waals surface area contributed by atoms with Gasteiger partial charge in [0.15, 0.2) is 0 Å². The fourth-order valence-electron chi connectivity index (χ4n) is 1.98. The van der Waals surface area contributed by atoms with Crippen molar-refractivity contribution in [2.45, 2.75) is 25.9 Å². The second-order valence-corrected chi connectivity index (χ2v) is 6.61. The highest BCUT2D eigenvalue weighted by Crippen LogP contribution is 2.37. The van der Waals surface area contributed by atoms with Gasteiger partial charge in [-0.3, -0.25) is 4.79 Å². The fraction of sp³-hybridized carbons (Fsp3) is 0.357. The number of nitrogens with two attached hydrogens (primary N) is 1. The van der Waals surface area contributed by atoms with Crippen LogP contribution in [-0.4, -0.2) is 23.7 Å². The van der Waals surface area contributed by atoms with Gasteiger partial charge < -0.3 is 16.2 Å². The number of hydrogen-bond acceptors (Lipinski definition) is 4. The van der Waals surface area contributed by atoms with Crippen molar-refractivity contribution in [2.24, 2.45) is 0 Å². The Balaban J connectivity index is 2.11. The molecule has 1 heterocycles. The Morgan fingerprint density at radius 2 is 2.30 bits per heavy atom. The summed E-state index contributed by atoms with van der Waals surface area (Å²) in [6.45, 7) is 2.28. The summed E-state index contributed by atoms with van der Waals surface area (Å²) in [6.07, 6.45) is 1.09. The Kier molecular flexibility index (Phi) is 5.01. The highest BCUT2D eigenvalue weighted by molar-refractivity contribution is 9.10. The number of halogens is 1. The van der Waals surface area contributed by atoms with Crippen LogP contribution in [0.25, 0.3) is 10.1 Å². The molecule has 0 spiro atoms. The summed E-state index contributed by atoms with van der Waals surface area (Å²) in [5, 5.41) is 12.9. The lowest BCUT2D eigenvalue weighted by atomic mass is 10.2. The summed E-state index contributed by atoms with van der Waals surface area (Å²) >= 11 is 4.85. The number of aliphatic hydroxyl groups is 1. The van der Waals surface area contributed by atoms with Crippen molar-refractivity contribution in [3.63, 3.8) is 0 Å². The van der Waals surface area contributed by atoms with E-state index in [1.54, 1.807) is 6.92 Å². The zero-order chi connectivity index (χ0) is 14.7. The van der Waals surface area contributed by atoms with Crippen molar-refractivity contribution in [3.05, 3.63) is 27.5 Å². The molecule has 2 aromatic rings. The van der Waals surface area contributed by atoms with Crippen LogP contribution in [0.15, 0.2) is 22.7 Å². The number of rotatable bonds is 5. The number of carbonyl (C=O) groups excluding carboxylic acids is 1. The summed E-state index contributed by atoms with van der Waals surface area (Å²) in [4.78, 5) is 12.7. The number of amides is 1. The molecule has 0 aliphatic rings. The molecular formula is C14H17BrN2O2S. The van der Waals surface area contributed by atoms with Crippen molar-refractivity contribution in [3.8, 4) is 0 Å². The van der Waals surface area contributed by atoms with Crippen LogP contribution in [0.1, 0.15) is 29.4 Å². The number of fused-ring (bicyclic) bond motifs is 1. The quantitative estimate of drug-likeness (QED) is 0.720. The van der Waals surface area contributed by atoms with E-state index < -0.39 is 0 Å². The Morgan fingerprint density at radius 3 is 2.95 bits per heavy atom. The number of carbonyl (C=O) groups is 1. The molecule has 0 aliphatic carbocycles. The molecular weight excluding hydrogens is 340 g/mol. The number of anilines is 1. The Labute approximate surface area is 130 Å². The van der Waals surface area contributed by atoms with Gasteiger partial charge in [-0.05, 0) is 31.9 Å². The van der Waals surface area contributed by atoms with Gasteiger partial charge in [-0.25, -0.2) is 0 Å². The molecule has 0 saturated carbocycles. The first-order valence-electron chi connectivity index (χ1n) is 6.43. The van der Waals surface area contributed by atoms with Gasteiger partial charge >= 0.3 is 0 Å². The van der Waals surface area contributed by atoms with Crippen molar-refractivity contribution < 1.29 is 9.90 Å². The Hall–Kier alpha value is -1.11. The van der Waals surface area contributed by atoms with E-state index in [1.807, 2.05) is 18.2 Å². The van der Waals surface area contributed by atoms with E-state index in [9.17, 15) is 4.79 Å². The Morgan fingerprint density at radius 1 is 1.55 bits per heavy atom. The van der Waals surface area contributed by atoms with E-state index in [-0.39, 0.29) is 12.0 Å². The molecule has 1 unspecified atom stereocenters. The van der Waals surface area contributed by atoms with Crippen molar-refractivity contribution in [1.82, 2.24) is 5.32 Å². The third-order valence-electron chi connectivity index (χ3n) is 2.99. The average molecular weight is 357 g/mol. The maximum Gasteiger partial charge on any atom is 0.263 e. The van der Waals surface area contributed by atoms with Crippen LogP contribution >= 0.6 is 27.3 Å². The molecule has 0 aliphatic heterocycles. The topological polar surface area (TPSA) is 75.3 Å². The third-order valence-corrected chi connectivity index (χ3v) is 4.82. The predicted molar refractivity (Wildman–Crippen MR) is 87.2 cm³/mol. The van der Waals surface area contributed by atoms with Gasteiger partial charge in [0.05, 0.1) is 11.8 Å². The van der Waals surface area contributed by atoms with Crippen molar-refractivity contribution in [2.75, 3.05) is 12.3 Å². The van der Waals surface area contributed by atoms with Gasteiger partial charge in [-0.15, -0.1) is 11.3 Å². The monoisotopic (exact) mass is 356 g/mol. The second kappa shape index (κ2) is 6.56. The summed E-state index contributed by atoms with van der Waals surface area (Å²) < 4.78 is 1.89. The normalized spacial score (nSPS) is 12.6. The maximum absolute atomic E-state index is 12.1. The molecule has 1 amide bonds. The lowest BCUT2D eigenvalue weighted by Crippen LogP contribution is -2.24. The summed E-state index contributed by atoms with van der Waals surface area (Å²) in [5.41, 5.74) is 6.59. The van der Waals surface area contributed by atoms with Gasteiger partial charge in [0.2, 0.25) is 0 Å². The van der Waals surface area contributed by atoms with E-state index in [4.69, 9.17) is 10.8 Å². The molecule has 6 heteroatoms. The minimum absolute atomic E-state index is 0.152. The van der Waals surface area contributed by atoms with Gasteiger partial charge in [0.25, 0.3) is 5.91 Å². The third kappa shape index (κ3) is 3.31. The zero-order valence-corrected chi connectivity index (χ0v) is 13.6. The summed E-state index contributed by atoms with van der Waals surface area (Å²) in [7, 11) is 0. The summed E-state index contributed by atoms with van der Waals surface area (Å²) in [5.74, 6) is -0.152. The predicted octanol–water partition coefficient (Wildman–Crippen LogP) is 3.14. The van der Waals surface area contributed by atoms with Gasteiger partial charge in [0, 0.05) is 21.1 Å². The number of nitrogen functional groups attached to an aromatic ring is 1. The number of aliphatic hydroxyl groups excluding tert-OH is 1. The molecule has 0 fully saturated rings. The molecule has 0 saturated heterocycles. The standard InChI is InChI=1S/C14H17BrN2O2S/c1-8(18)4-3-7-17-14(19)13-12(16)11-9(15)5-2-6-10(11)20-13/h2,5-6,8,18H,3-4,7,16H2,1H3,(H,17,19). The van der Waals surface area contributed by atoms with Crippen LogP contribution < -0.4 is 11.1 Å². The Bertz CT molecular complexity index is 625. The number of nitrogens with one attached hydrogen (secondary N) is 1. The SMILES string of the molecule is CC(O)CCCNC(=O)c1sc2cccc(Br)c2c1N. The highest BCUT2D eigenvalue weighted by Gasteiger charge is 2.17. The molecule has 4 N–H and O–H groups in total. The van der Waals surface area contributed by atoms with E-state index in [2.05, 4.69) is 21.2 Å². The maximum atomic E-state index is 12.1. The number of benzene rings is 1. The van der Waals surface area contributed by atoms with Crippen LogP contribution in [0.4, 0.5) is 5.69 Å². The van der Waals surface area contributed by atoms with Crippen molar-refractivity contribution >= 4 is 48.9 Å². The van der Waals surface area contributed by atoms with Crippen LogP contribution in [0.5, 0.6) is 0 Å². The molecule has 2 rings (SSSR count). The molecule has 4 nitrogen and oxygen atoms in total. The number of thiophene rings is 1. The molecule has 0 radical (unpaired) electrons. The first-order chi connectivity index (χ1) is 9.50. The first-order valence-corrected chi connectivity index (χ1v) is 8.04. The molecule has 108 valence electrons. The van der Waals surface area contributed by atoms with E-state index in [0.29, 0.717) is 23.5 Å². The van der Waals surface area contributed by atoms with Gasteiger partial charge in [0.1, 0.15) is 4.88 Å². The van der Waals surface area contributed by atoms with E-state index in [0.717, 1.165) is 21.0 Å². The minimum atomic E-state index is -0.336. The van der Waals surface area contributed by atoms with Crippen LogP contribution in [0.3, 0.4) is 0 Å². The lowest BCUT2D eigenvalue weighted by Gasteiger charge is -2.06. The van der Waals surface area contributed by atoms with E-state index in [1.165, 1.54) is 11.3 Å². The molecule has 20 heavy (non-hydrogen) atoms. The second-order valence-electron chi connectivity index (χ2n) is 4.70. The first kappa shape index (κ1) is 15.3. The number of hydrogen-bond donors (Lipinski definition) is 3. The van der Waals surface area contributed by atoms with Crippen molar-refractivity contribution in [1.29, 1.82) is 0 Å². The highest BCUT2D eigenvalue weighted by atomic mass is 79.9. The van der Waals surface area contributed by atoms with Crippen LogP contribution in [0.2, 0.25) is 0 Å². The molecule has 1 atom stereocenters. The molecule has 1 aromatic carbocycles. The van der Waals surface area contributed by atoms with Crippen LogP contribution in [0, 0.1) is 0 Å². The van der Waals surface area contributed by atoms with Gasteiger partial charge in [-0.2, -0.15) is 0 Å². The minimum Gasteiger partial charge on any atom is -0.397 e. The smallest absolute Gasteiger partial charge is 0.263 e. The zero-order valence-electron chi connectivity index (χ0n) is 11.1. The fourth-order valence-corrected chi connectivity index (χ4v) is 3.75. The molecule has 0 bridgehead atoms. The van der Waals surface area contributed by atoms with E-state index >= 15 is 0 Å².